The summed E-state index contributed by atoms with van der Waals surface area (Å²) in [6, 6.07) is 5.09. The number of rotatable bonds is 10. The van der Waals surface area contributed by atoms with Crippen LogP contribution in [0.25, 0.3) is 12.2 Å². The molecule has 1 aliphatic rings. The SMILES string of the molecule is C=CC1=C(/C=C\C)N(c2ncc(C(=O)N[C@@H](C)c3cccnc3)cc2NC(=O)c2csc(C=C)c2/C=C\C)CCO1. The van der Waals surface area contributed by atoms with Crippen molar-refractivity contribution in [1.82, 2.24) is 15.3 Å². The fourth-order valence-electron chi connectivity index (χ4n) is 4.42. The van der Waals surface area contributed by atoms with Crippen LogP contribution < -0.4 is 15.5 Å². The van der Waals surface area contributed by atoms with Crippen molar-refractivity contribution in [3.05, 3.63) is 118 Å². The molecule has 0 saturated heterocycles. The van der Waals surface area contributed by atoms with E-state index in [9.17, 15) is 9.59 Å². The summed E-state index contributed by atoms with van der Waals surface area (Å²) in [4.78, 5) is 38.6. The van der Waals surface area contributed by atoms with Crippen molar-refractivity contribution >= 4 is 46.8 Å². The van der Waals surface area contributed by atoms with E-state index in [0.29, 0.717) is 41.5 Å². The molecule has 8 nitrogen and oxygen atoms in total. The Hall–Kier alpha value is -4.76. The summed E-state index contributed by atoms with van der Waals surface area (Å²) in [5.41, 5.74) is 3.61. The van der Waals surface area contributed by atoms with Gasteiger partial charge in [0.2, 0.25) is 0 Å². The lowest BCUT2D eigenvalue weighted by Crippen LogP contribution is -2.33. The van der Waals surface area contributed by atoms with Crippen molar-refractivity contribution in [2.45, 2.75) is 26.8 Å². The predicted octanol–water partition coefficient (Wildman–Crippen LogP) is 6.77. The van der Waals surface area contributed by atoms with E-state index in [0.717, 1.165) is 21.7 Å². The monoisotopic (exact) mass is 567 g/mol. The minimum absolute atomic E-state index is 0.279. The lowest BCUT2D eigenvalue weighted by Gasteiger charge is -2.32. The highest BCUT2D eigenvalue weighted by Crippen LogP contribution is 2.33. The molecule has 2 N–H and O–H groups in total. The Labute approximate surface area is 244 Å². The number of anilines is 2. The van der Waals surface area contributed by atoms with Crippen molar-refractivity contribution in [2.75, 3.05) is 23.4 Å². The Morgan fingerprint density at radius 2 is 1.95 bits per heavy atom. The number of aromatic nitrogens is 2. The van der Waals surface area contributed by atoms with Crippen molar-refractivity contribution < 1.29 is 14.3 Å². The maximum atomic E-state index is 13.7. The Morgan fingerprint density at radius 1 is 1.15 bits per heavy atom. The van der Waals surface area contributed by atoms with Crippen LogP contribution in [0.1, 0.15) is 63.5 Å². The molecule has 3 aromatic rings. The van der Waals surface area contributed by atoms with E-state index < -0.39 is 0 Å². The normalized spacial score (nSPS) is 14.2. The molecule has 3 aromatic heterocycles. The van der Waals surface area contributed by atoms with E-state index in [1.807, 2.05) is 62.1 Å². The van der Waals surface area contributed by atoms with Crippen molar-refractivity contribution in [2.24, 2.45) is 0 Å². The summed E-state index contributed by atoms with van der Waals surface area (Å²) in [7, 11) is 0. The molecule has 4 heterocycles. The van der Waals surface area contributed by atoms with Gasteiger partial charge in [-0.2, -0.15) is 0 Å². The first-order valence-electron chi connectivity index (χ1n) is 13.2. The molecular formula is C32H33N5O3S. The van der Waals surface area contributed by atoms with Gasteiger partial charge < -0.3 is 20.3 Å². The Balaban J connectivity index is 1.75. The first-order chi connectivity index (χ1) is 19.9. The van der Waals surface area contributed by atoms with Gasteiger partial charge >= 0.3 is 0 Å². The third-order valence-electron chi connectivity index (χ3n) is 6.41. The second kappa shape index (κ2) is 13.5. The number of hydrogen-bond acceptors (Lipinski definition) is 7. The molecule has 210 valence electrons. The Morgan fingerprint density at radius 3 is 2.63 bits per heavy atom. The summed E-state index contributed by atoms with van der Waals surface area (Å²) < 4.78 is 5.81. The quantitative estimate of drug-likeness (QED) is 0.281. The van der Waals surface area contributed by atoms with Gasteiger partial charge in [0.25, 0.3) is 11.8 Å². The van der Waals surface area contributed by atoms with Crippen LogP contribution in [-0.2, 0) is 4.74 Å². The molecule has 0 unspecified atom stereocenters. The summed E-state index contributed by atoms with van der Waals surface area (Å²) in [5, 5.41) is 7.82. The second-order valence-electron chi connectivity index (χ2n) is 9.12. The molecule has 1 aliphatic heterocycles. The lowest BCUT2D eigenvalue weighted by atomic mass is 10.1. The molecule has 41 heavy (non-hydrogen) atoms. The first-order valence-corrected chi connectivity index (χ1v) is 14.1. The summed E-state index contributed by atoms with van der Waals surface area (Å²) >= 11 is 1.44. The van der Waals surface area contributed by atoms with Crippen LogP contribution in [0.5, 0.6) is 0 Å². The average Bonchev–Trinajstić information content (AvgIpc) is 3.41. The largest absolute Gasteiger partial charge is 0.490 e. The van der Waals surface area contributed by atoms with Gasteiger partial charge in [-0.1, -0.05) is 43.5 Å². The summed E-state index contributed by atoms with van der Waals surface area (Å²) in [6.07, 6.45) is 15.8. The minimum Gasteiger partial charge on any atom is -0.490 e. The van der Waals surface area contributed by atoms with Gasteiger partial charge in [-0.25, -0.2) is 4.98 Å². The number of nitrogens with one attached hydrogen (secondary N) is 2. The summed E-state index contributed by atoms with van der Waals surface area (Å²) in [5.74, 6) is 0.440. The fourth-order valence-corrected chi connectivity index (χ4v) is 5.30. The maximum Gasteiger partial charge on any atom is 0.257 e. The number of carbonyl (C=O) groups excluding carboxylic acids is 2. The fraction of sp³-hybridized carbons (Fsp3) is 0.188. The molecule has 0 spiro atoms. The van der Waals surface area contributed by atoms with Gasteiger partial charge in [0.15, 0.2) is 5.82 Å². The molecule has 1 atom stereocenters. The molecule has 0 aliphatic carbocycles. The second-order valence-corrected chi connectivity index (χ2v) is 10.0. The number of pyridine rings is 2. The van der Waals surface area contributed by atoms with Gasteiger partial charge in [0.05, 0.1) is 35.1 Å². The van der Waals surface area contributed by atoms with Crippen LogP contribution in [0.3, 0.4) is 0 Å². The predicted molar refractivity (Wildman–Crippen MR) is 167 cm³/mol. The number of thiophene rings is 1. The smallest absolute Gasteiger partial charge is 0.257 e. The highest BCUT2D eigenvalue weighted by atomic mass is 32.1. The van der Waals surface area contributed by atoms with E-state index in [1.54, 1.807) is 36.0 Å². The first kappa shape index (κ1) is 29.2. The highest BCUT2D eigenvalue weighted by Gasteiger charge is 2.26. The number of nitrogens with zero attached hydrogens (tertiary/aromatic N) is 3. The van der Waals surface area contributed by atoms with Crippen LogP contribution in [0, 0.1) is 0 Å². The highest BCUT2D eigenvalue weighted by molar-refractivity contribution is 7.11. The zero-order chi connectivity index (χ0) is 29.4. The Kier molecular flexibility index (Phi) is 9.65. The van der Waals surface area contributed by atoms with Gasteiger partial charge in [0, 0.05) is 34.4 Å². The molecule has 0 fully saturated rings. The van der Waals surface area contributed by atoms with E-state index in [-0.39, 0.29) is 17.9 Å². The van der Waals surface area contributed by atoms with Crippen molar-refractivity contribution in [3.8, 4) is 0 Å². The summed E-state index contributed by atoms with van der Waals surface area (Å²) in [6.45, 7) is 14.3. The number of allylic oxidation sites excluding steroid dienone is 4. The van der Waals surface area contributed by atoms with E-state index in [4.69, 9.17) is 4.74 Å². The van der Waals surface area contributed by atoms with Crippen molar-refractivity contribution in [1.29, 1.82) is 0 Å². The van der Waals surface area contributed by atoms with Gasteiger partial charge in [-0.3, -0.25) is 14.6 Å². The number of hydrogen-bond donors (Lipinski definition) is 2. The lowest BCUT2D eigenvalue weighted by molar-refractivity contribution is 0.0938. The van der Waals surface area contributed by atoms with Gasteiger partial charge in [-0.15, -0.1) is 11.3 Å². The van der Waals surface area contributed by atoms with Crippen LogP contribution in [0.4, 0.5) is 11.5 Å². The van der Waals surface area contributed by atoms with Crippen LogP contribution in [0.2, 0.25) is 0 Å². The minimum atomic E-state index is -0.326. The molecule has 0 aromatic carbocycles. The molecule has 0 saturated carbocycles. The van der Waals surface area contributed by atoms with E-state index in [1.165, 1.54) is 17.5 Å². The van der Waals surface area contributed by atoms with E-state index in [2.05, 4.69) is 33.8 Å². The molecule has 0 radical (unpaired) electrons. The zero-order valence-electron chi connectivity index (χ0n) is 23.4. The number of ether oxygens (including phenoxy) is 1. The molecule has 4 rings (SSSR count). The third-order valence-corrected chi connectivity index (χ3v) is 7.41. The molecular weight excluding hydrogens is 534 g/mol. The van der Waals surface area contributed by atoms with Crippen LogP contribution >= 0.6 is 11.3 Å². The van der Waals surface area contributed by atoms with Gasteiger partial charge in [0.1, 0.15) is 12.4 Å². The van der Waals surface area contributed by atoms with Crippen LogP contribution in [-0.4, -0.2) is 34.9 Å². The van der Waals surface area contributed by atoms with E-state index >= 15 is 0 Å². The third kappa shape index (κ3) is 6.53. The molecule has 0 bridgehead atoms. The number of carbonyl (C=O) groups is 2. The Bertz CT molecular complexity index is 1540. The average molecular weight is 568 g/mol. The van der Waals surface area contributed by atoms with Crippen molar-refractivity contribution in [3.63, 3.8) is 0 Å². The maximum absolute atomic E-state index is 13.7. The molecule has 9 heteroatoms. The zero-order valence-corrected chi connectivity index (χ0v) is 24.2. The standard InChI is InChI=1S/C32H33N5O3S/c1-6-11-24-25(20-41-29(24)9-4)32(39)36-26-17-23(31(38)35-21(5)22-13-10-14-33-18-22)19-34-30(26)37-15-16-40-28(8-3)27(37)12-7-2/h6-14,17-21H,3-4,15-16H2,1-2,5H3,(H,35,38)(H,36,39)/b11-6-,12-7-/t21-/m0/s1. The van der Waals surface area contributed by atoms with Crippen LogP contribution in [0.15, 0.2) is 91.1 Å². The topological polar surface area (TPSA) is 96.5 Å². The number of amides is 2. The molecule has 2 amide bonds. The van der Waals surface area contributed by atoms with Gasteiger partial charge in [-0.05, 0) is 50.6 Å².